The van der Waals surface area contributed by atoms with E-state index in [1.807, 2.05) is 0 Å². The predicted octanol–water partition coefficient (Wildman–Crippen LogP) is 3.62. The van der Waals surface area contributed by atoms with Crippen molar-refractivity contribution in [1.29, 1.82) is 0 Å². The maximum Gasteiger partial charge on any atom is 0.508 e. The fourth-order valence-electron chi connectivity index (χ4n) is 2.53. The molecule has 0 aliphatic heterocycles. The molecule has 0 aromatic heterocycles. The van der Waals surface area contributed by atoms with E-state index < -0.39 is 6.16 Å². The summed E-state index contributed by atoms with van der Waals surface area (Å²) in [6.45, 7) is 8.79. The van der Waals surface area contributed by atoms with Crippen molar-refractivity contribution in [2.24, 2.45) is 17.8 Å². The van der Waals surface area contributed by atoms with E-state index in [-0.39, 0.29) is 6.10 Å². The summed E-state index contributed by atoms with van der Waals surface area (Å²) in [5.41, 5.74) is 0. The van der Waals surface area contributed by atoms with Crippen LogP contribution in [0.2, 0.25) is 0 Å². The molecule has 0 N–H and O–H groups in total. The van der Waals surface area contributed by atoms with Crippen molar-refractivity contribution in [1.82, 2.24) is 0 Å². The zero-order chi connectivity index (χ0) is 12.1. The van der Waals surface area contributed by atoms with E-state index in [0.717, 1.165) is 12.8 Å². The van der Waals surface area contributed by atoms with Crippen LogP contribution >= 0.6 is 0 Å². The maximum atomic E-state index is 11.3. The SMILES string of the molecule is CCOC(=O)O[C@H]1C[C@H](C)CC[C@H]1C(C)C. The van der Waals surface area contributed by atoms with Crippen LogP contribution in [0, 0.1) is 17.8 Å². The molecular weight excluding hydrogens is 204 g/mol. The van der Waals surface area contributed by atoms with E-state index in [2.05, 4.69) is 20.8 Å². The molecule has 1 saturated carbocycles. The smallest absolute Gasteiger partial charge is 0.435 e. The highest BCUT2D eigenvalue weighted by atomic mass is 16.7. The lowest BCUT2D eigenvalue weighted by atomic mass is 9.75. The fraction of sp³-hybridized carbons (Fsp3) is 0.923. The molecule has 0 spiro atoms. The van der Waals surface area contributed by atoms with Crippen molar-refractivity contribution in [2.75, 3.05) is 6.61 Å². The molecule has 1 aliphatic carbocycles. The van der Waals surface area contributed by atoms with Crippen LogP contribution in [0.15, 0.2) is 0 Å². The Morgan fingerprint density at radius 3 is 2.62 bits per heavy atom. The summed E-state index contributed by atoms with van der Waals surface area (Å²) in [5, 5.41) is 0. The van der Waals surface area contributed by atoms with Crippen LogP contribution in [-0.4, -0.2) is 18.9 Å². The van der Waals surface area contributed by atoms with Gasteiger partial charge < -0.3 is 9.47 Å². The van der Waals surface area contributed by atoms with Crippen LogP contribution in [0.5, 0.6) is 0 Å². The summed E-state index contributed by atoms with van der Waals surface area (Å²) < 4.78 is 10.3. The first-order valence-corrected chi connectivity index (χ1v) is 6.38. The third kappa shape index (κ3) is 3.69. The molecule has 0 aromatic carbocycles. The first-order chi connectivity index (χ1) is 7.54. The third-order valence-electron chi connectivity index (χ3n) is 3.47. The van der Waals surface area contributed by atoms with Gasteiger partial charge >= 0.3 is 6.16 Å². The highest BCUT2D eigenvalue weighted by Crippen LogP contribution is 2.35. The third-order valence-corrected chi connectivity index (χ3v) is 3.47. The Hall–Kier alpha value is -0.730. The summed E-state index contributed by atoms with van der Waals surface area (Å²) >= 11 is 0. The van der Waals surface area contributed by atoms with Gasteiger partial charge in [0, 0.05) is 0 Å². The molecule has 0 unspecified atom stereocenters. The van der Waals surface area contributed by atoms with Gasteiger partial charge in [0.1, 0.15) is 6.10 Å². The van der Waals surface area contributed by atoms with Gasteiger partial charge in [0.25, 0.3) is 0 Å². The van der Waals surface area contributed by atoms with Gasteiger partial charge in [0.15, 0.2) is 0 Å². The Morgan fingerprint density at radius 2 is 2.06 bits per heavy atom. The Morgan fingerprint density at radius 1 is 1.38 bits per heavy atom. The van der Waals surface area contributed by atoms with Crippen molar-refractivity contribution >= 4 is 6.16 Å². The summed E-state index contributed by atoms with van der Waals surface area (Å²) in [5.74, 6) is 1.70. The summed E-state index contributed by atoms with van der Waals surface area (Å²) in [6, 6.07) is 0. The molecule has 3 nitrogen and oxygen atoms in total. The normalized spacial score (nSPS) is 30.2. The first kappa shape index (κ1) is 13.3. The van der Waals surface area contributed by atoms with Crippen molar-refractivity contribution < 1.29 is 14.3 Å². The number of carbonyl (C=O) groups excluding carboxylic acids is 1. The Labute approximate surface area is 98.5 Å². The molecular formula is C13H24O3. The quantitative estimate of drug-likeness (QED) is 0.692. The minimum atomic E-state index is -0.507. The van der Waals surface area contributed by atoms with Gasteiger partial charge in [-0.05, 0) is 37.5 Å². The van der Waals surface area contributed by atoms with Gasteiger partial charge in [-0.1, -0.05) is 27.2 Å². The highest BCUT2D eigenvalue weighted by Gasteiger charge is 2.33. The second-order valence-corrected chi connectivity index (χ2v) is 5.17. The highest BCUT2D eigenvalue weighted by molar-refractivity contribution is 5.60. The van der Waals surface area contributed by atoms with Crippen LogP contribution in [0.1, 0.15) is 47.0 Å². The molecule has 16 heavy (non-hydrogen) atoms. The molecule has 94 valence electrons. The van der Waals surface area contributed by atoms with Gasteiger partial charge in [0.2, 0.25) is 0 Å². The standard InChI is InChI=1S/C13H24O3/c1-5-15-13(14)16-12-8-10(4)6-7-11(12)9(2)3/h9-12H,5-8H2,1-4H3/t10-,11+,12+/m1/s1. The molecule has 0 heterocycles. The van der Waals surface area contributed by atoms with E-state index in [0.29, 0.717) is 24.4 Å². The second kappa shape index (κ2) is 6.12. The summed E-state index contributed by atoms with van der Waals surface area (Å²) in [4.78, 5) is 11.3. The topological polar surface area (TPSA) is 35.5 Å². The number of hydrogen-bond acceptors (Lipinski definition) is 3. The predicted molar refractivity (Wildman–Crippen MR) is 63.2 cm³/mol. The van der Waals surface area contributed by atoms with Crippen molar-refractivity contribution in [2.45, 2.75) is 53.1 Å². The van der Waals surface area contributed by atoms with Gasteiger partial charge in [-0.3, -0.25) is 0 Å². The van der Waals surface area contributed by atoms with E-state index >= 15 is 0 Å². The van der Waals surface area contributed by atoms with Crippen molar-refractivity contribution in [3.05, 3.63) is 0 Å². The second-order valence-electron chi connectivity index (χ2n) is 5.17. The van der Waals surface area contributed by atoms with Gasteiger partial charge in [0.05, 0.1) is 6.61 Å². The van der Waals surface area contributed by atoms with Gasteiger partial charge in [-0.15, -0.1) is 0 Å². The van der Waals surface area contributed by atoms with E-state index in [9.17, 15) is 4.79 Å². The Kier molecular flexibility index (Phi) is 5.10. The molecule has 1 aliphatic rings. The molecule has 3 heteroatoms. The van der Waals surface area contributed by atoms with Crippen LogP contribution in [-0.2, 0) is 9.47 Å². The Balaban J connectivity index is 2.54. The zero-order valence-electron chi connectivity index (χ0n) is 10.9. The minimum Gasteiger partial charge on any atom is -0.435 e. The fourth-order valence-corrected chi connectivity index (χ4v) is 2.53. The lowest BCUT2D eigenvalue weighted by Gasteiger charge is -2.36. The molecule has 0 bridgehead atoms. The monoisotopic (exact) mass is 228 g/mol. The summed E-state index contributed by atoms with van der Waals surface area (Å²) in [7, 11) is 0. The van der Waals surface area contributed by atoms with Crippen LogP contribution < -0.4 is 0 Å². The summed E-state index contributed by atoms with van der Waals surface area (Å²) in [6.07, 6.45) is 2.91. The average Bonchev–Trinajstić information content (AvgIpc) is 2.17. The minimum absolute atomic E-state index is 0.0443. The lowest BCUT2D eigenvalue weighted by molar-refractivity contribution is -0.0303. The molecule has 1 fully saturated rings. The van der Waals surface area contributed by atoms with E-state index in [1.165, 1.54) is 6.42 Å². The average molecular weight is 228 g/mol. The van der Waals surface area contributed by atoms with Crippen LogP contribution in [0.3, 0.4) is 0 Å². The van der Waals surface area contributed by atoms with Crippen LogP contribution in [0.4, 0.5) is 4.79 Å². The Bertz CT molecular complexity index is 225. The molecule has 1 rings (SSSR count). The van der Waals surface area contributed by atoms with Crippen LogP contribution in [0.25, 0.3) is 0 Å². The maximum absolute atomic E-state index is 11.3. The van der Waals surface area contributed by atoms with Gasteiger partial charge in [-0.25, -0.2) is 4.79 Å². The molecule has 0 saturated heterocycles. The van der Waals surface area contributed by atoms with Crippen molar-refractivity contribution in [3.8, 4) is 0 Å². The number of carbonyl (C=O) groups is 1. The lowest BCUT2D eigenvalue weighted by Crippen LogP contribution is -2.36. The molecule has 0 amide bonds. The number of rotatable bonds is 3. The largest absolute Gasteiger partial charge is 0.508 e. The molecule has 3 atom stereocenters. The number of ether oxygens (including phenoxy) is 2. The van der Waals surface area contributed by atoms with Gasteiger partial charge in [-0.2, -0.15) is 0 Å². The molecule has 0 aromatic rings. The molecule has 0 radical (unpaired) electrons. The van der Waals surface area contributed by atoms with E-state index in [4.69, 9.17) is 9.47 Å². The number of hydrogen-bond donors (Lipinski definition) is 0. The zero-order valence-corrected chi connectivity index (χ0v) is 10.9. The first-order valence-electron chi connectivity index (χ1n) is 6.38. The van der Waals surface area contributed by atoms with Crippen molar-refractivity contribution in [3.63, 3.8) is 0 Å². The van der Waals surface area contributed by atoms with E-state index in [1.54, 1.807) is 6.92 Å².